The molecule has 0 bridgehead atoms. The van der Waals surface area contributed by atoms with E-state index in [0.717, 1.165) is 25.1 Å². The fourth-order valence-electron chi connectivity index (χ4n) is 2.81. The Morgan fingerprint density at radius 2 is 1.76 bits per heavy atom. The van der Waals surface area contributed by atoms with Gasteiger partial charge in [0.25, 0.3) is 0 Å². The lowest BCUT2D eigenvalue weighted by Gasteiger charge is -2.20. The monoisotopic (exact) mass is 355 g/mol. The Balaban J connectivity index is 1.75. The summed E-state index contributed by atoms with van der Waals surface area (Å²) >= 11 is 6.21. The third-order valence-electron chi connectivity index (χ3n) is 4.13. The standard InChI is InChI=1S/C20H22ClN3O/c1-3-12-24(13-16-9-5-4-8-15(16)2)14-19-22-23-20(25-19)17-10-6-7-11-18(17)21/h4-11H,3,12-14H2,1-2H3. The minimum Gasteiger partial charge on any atom is -0.419 e. The molecule has 0 aliphatic carbocycles. The van der Waals surface area contributed by atoms with Crippen molar-refractivity contribution < 1.29 is 4.42 Å². The van der Waals surface area contributed by atoms with Crippen molar-refractivity contribution in [2.75, 3.05) is 6.54 Å². The van der Waals surface area contributed by atoms with E-state index in [1.807, 2.05) is 24.3 Å². The van der Waals surface area contributed by atoms with Crippen LogP contribution in [-0.2, 0) is 13.1 Å². The number of halogens is 1. The van der Waals surface area contributed by atoms with E-state index in [1.54, 1.807) is 0 Å². The van der Waals surface area contributed by atoms with E-state index in [0.29, 0.717) is 23.3 Å². The van der Waals surface area contributed by atoms with Gasteiger partial charge >= 0.3 is 0 Å². The van der Waals surface area contributed by atoms with Crippen molar-refractivity contribution in [2.24, 2.45) is 0 Å². The second-order valence-corrected chi connectivity index (χ2v) is 6.53. The predicted molar refractivity (Wildman–Crippen MR) is 100 cm³/mol. The molecule has 0 radical (unpaired) electrons. The molecule has 0 spiro atoms. The molecule has 5 heteroatoms. The van der Waals surface area contributed by atoms with Gasteiger partial charge in [-0.2, -0.15) is 0 Å². The molecular weight excluding hydrogens is 334 g/mol. The molecule has 25 heavy (non-hydrogen) atoms. The summed E-state index contributed by atoms with van der Waals surface area (Å²) in [6, 6.07) is 16.0. The number of nitrogens with zero attached hydrogens (tertiary/aromatic N) is 3. The third kappa shape index (κ3) is 4.47. The number of rotatable bonds is 7. The van der Waals surface area contributed by atoms with Crippen LogP contribution in [-0.4, -0.2) is 21.6 Å². The molecule has 2 aromatic carbocycles. The van der Waals surface area contributed by atoms with Crippen molar-refractivity contribution in [1.82, 2.24) is 15.1 Å². The molecular formula is C20H22ClN3O. The molecule has 0 amide bonds. The summed E-state index contributed by atoms with van der Waals surface area (Å²) in [5.74, 6) is 1.07. The zero-order valence-electron chi connectivity index (χ0n) is 14.6. The topological polar surface area (TPSA) is 42.2 Å². The molecule has 3 rings (SSSR count). The summed E-state index contributed by atoms with van der Waals surface area (Å²) in [7, 11) is 0. The van der Waals surface area contributed by atoms with Crippen LogP contribution in [0.1, 0.15) is 30.4 Å². The van der Waals surface area contributed by atoms with Crippen molar-refractivity contribution in [1.29, 1.82) is 0 Å². The Hall–Kier alpha value is -2.17. The predicted octanol–water partition coefficient (Wildman–Crippen LogP) is 5.11. The van der Waals surface area contributed by atoms with Crippen LogP contribution in [0.4, 0.5) is 0 Å². The lowest BCUT2D eigenvalue weighted by molar-refractivity contribution is 0.231. The first-order valence-electron chi connectivity index (χ1n) is 8.51. The zero-order chi connectivity index (χ0) is 17.6. The van der Waals surface area contributed by atoms with Gasteiger partial charge in [0.1, 0.15) is 0 Å². The highest BCUT2D eigenvalue weighted by Gasteiger charge is 2.15. The fourth-order valence-corrected chi connectivity index (χ4v) is 3.03. The van der Waals surface area contributed by atoms with E-state index in [2.05, 4.69) is 53.2 Å². The highest BCUT2D eigenvalue weighted by Crippen LogP contribution is 2.26. The summed E-state index contributed by atoms with van der Waals surface area (Å²) in [5.41, 5.74) is 3.39. The molecule has 0 N–H and O–H groups in total. The van der Waals surface area contributed by atoms with Gasteiger partial charge in [0.15, 0.2) is 0 Å². The van der Waals surface area contributed by atoms with E-state index < -0.39 is 0 Å². The van der Waals surface area contributed by atoms with Crippen LogP contribution in [0.3, 0.4) is 0 Å². The van der Waals surface area contributed by atoms with Gasteiger partial charge in [-0.25, -0.2) is 0 Å². The molecule has 0 aliphatic heterocycles. The van der Waals surface area contributed by atoms with Gasteiger partial charge in [-0.15, -0.1) is 10.2 Å². The van der Waals surface area contributed by atoms with Crippen molar-refractivity contribution in [3.8, 4) is 11.5 Å². The van der Waals surface area contributed by atoms with Crippen LogP contribution in [0, 0.1) is 6.92 Å². The molecule has 0 aliphatic rings. The van der Waals surface area contributed by atoms with E-state index in [-0.39, 0.29) is 0 Å². The van der Waals surface area contributed by atoms with Crippen molar-refractivity contribution in [3.05, 3.63) is 70.6 Å². The van der Waals surface area contributed by atoms with Gasteiger partial charge in [0, 0.05) is 6.54 Å². The van der Waals surface area contributed by atoms with Gasteiger partial charge in [-0.05, 0) is 43.1 Å². The normalized spacial score (nSPS) is 11.2. The van der Waals surface area contributed by atoms with Gasteiger partial charge in [0.05, 0.1) is 17.1 Å². The van der Waals surface area contributed by atoms with Crippen LogP contribution >= 0.6 is 11.6 Å². The number of benzene rings is 2. The minimum absolute atomic E-state index is 0.466. The average molecular weight is 356 g/mol. The Kier molecular flexibility index (Phi) is 5.84. The molecule has 0 saturated heterocycles. The first kappa shape index (κ1) is 17.6. The summed E-state index contributed by atoms with van der Waals surface area (Å²) in [6.45, 7) is 6.78. The zero-order valence-corrected chi connectivity index (χ0v) is 15.3. The average Bonchev–Trinajstić information content (AvgIpc) is 3.06. The molecule has 3 aromatic rings. The van der Waals surface area contributed by atoms with Gasteiger partial charge in [0.2, 0.25) is 11.8 Å². The SMILES string of the molecule is CCCN(Cc1nnc(-c2ccccc2Cl)o1)Cc1ccccc1C. The smallest absolute Gasteiger partial charge is 0.249 e. The molecule has 4 nitrogen and oxygen atoms in total. The van der Waals surface area contributed by atoms with E-state index in [9.17, 15) is 0 Å². The fraction of sp³-hybridized carbons (Fsp3) is 0.300. The van der Waals surface area contributed by atoms with Gasteiger partial charge < -0.3 is 4.42 Å². The first-order chi connectivity index (χ1) is 12.2. The first-order valence-corrected chi connectivity index (χ1v) is 8.89. The molecule has 1 aromatic heterocycles. The number of aromatic nitrogens is 2. The lowest BCUT2D eigenvalue weighted by Crippen LogP contribution is -2.24. The molecule has 1 heterocycles. The minimum atomic E-state index is 0.466. The molecule has 130 valence electrons. The van der Waals surface area contributed by atoms with Crippen molar-refractivity contribution in [2.45, 2.75) is 33.4 Å². The summed E-state index contributed by atoms with van der Waals surface area (Å²) in [6.07, 6.45) is 1.07. The van der Waals surface area contributed by atoms with Crippen LogP contribution in [0.25, 0.3) is 11.5 Å². The number of hydrogen-bond acceptors (Lipinski definition) is 4. The molecule has 0 unspecified atom stereocenters. The maximum Gasteiger partial charge on any atom is 0.249 e. The maximum absolute atomic E-state index is 6.21. The van der Waals surface area contributed by atoms with E-state index in [1.165, 1.54) is 11.1 Å². The van der Waals surface area contributed by atoms with Crippen molar-refractivity contribution >= 4 is 11.6 Å². The second kappa shape index (κ2) is 8.28. The third-order valence-corrected chi connectivity index (χ3v) is 4.45. The van der Waals surface area contributed by atoms with Gasteiger partial charge in [-0.1, -0.05) is 54.9 Å². The summed E-state index contributed by atoms with van der Waals surface area (Å²) in [5, 5.41) is 8.97. The summed E-state index contributed by atoms with van der Waals surface area (Å²) in [4.78, 5) is 2.33. The highest BCUT2D eigenvalue weighted by atomic mass is 35.5. The maximum atomic E-state index is 6.21. The largest absolute Gasteiger partial charge is 0.419 e. The van der Waals surface area contributed by atoms with Crippen molar-refractivity contribution in [3.63, 3.8) is 0 Å². The van der Waals surface area contributed by atoms with Gasteiger partial charge in [-0.3, -0.25) is 4.90 Å². The van der Waals surface area contributed by atoms with E-state index in [4.69, 9.17) is 16.0 Å². The highest BCUT2D eigenvalue weighted by molar-refractivity contribution is 6.33. The molecule has 0 atom stereocenters. The number of aryl methyl sites for hydroxylation is 1. The Morgan fingerprint density at radius 3 is 2.52 bits per heavy atom. The summed E-state index contributed by atoms with van der Waals surface area (Å²) < 4.78 is 5.85. The lowest BCUT2D eigenvalue weighted by atomic mass is 10.1. The van der Waals surface area contributed by atoms with Crippen LogP contribution < -0.4 is 0 Å². The Morgan fingerprint density at radius 1 is 1.00 bits per heavy atom. The van der Waals surface area contributed by atoms with Crippen LogP contribution in [0.15, 0.2) is 52.9 Å². The number of hydrogen-bond donors (Lipinski definition) is 0. The van der Waals surface area contributed by atoms with Crippen LogP contribution in [0.5, 0.6) is 0 Å². The molecule has 0 saturated carbocycles. The van der Waals surface area contributed by atoms with Crippen LogP contribution in [0.2, 0.25) is 5.02 Å². The Labute approximate surface area is 153 Å². The van der Waals surface area contributed by atoms with E-state index >= 15 is 0 Å². The Bertz CT molecular complexity index is 831. The second-order valence-electron chi connectivity index (χ2n) is 6.12. The quantitative estimate of drug-likeness (QED) is 0.590. The molecule has 0 fully saturated rings.